The number of benzene rings is 4. The lowest BCUT2D eigenvalue weighted by Crippen LogP contribution is -2.32. The number of rotatable bonds is 11. The molecule has 23 heteroatoms. The first kappa shape index (κ1) is 52.7. The predicted octanol–water partition coefficient (Wildman–Crippen LogP) is 7.65. The minimum atomic E-state index is -1.18. The van der Waals surface area contributed by atoms with Crippen molar-refractivity contribution in [3.05, 3.63) is 108 Å². The Morgan fingerprint density at radius 1 is 0.479 bits per heavy atom. The van der Waals surface area contributed by atoms with Gasteiger partial charge < -0.3 is 28.9 Å². The van der Waals surface area contributed by atoms with Gasteiger partial charge in [0.1, 0.15) is 45.4 Å². The molecule has 0 bridgehead atoms. The molecule has 10 rings (SSSR count). The minimum absolute atomic E-state index is 0. The van der Waals surface area contributed by atoms with Crippen molar-refractivity contribution in [2.24, 2.45) is 0 Å². The molecular weight excluding hydrogens is 953 g/mol. The van der Waals surface area contributed by atoms with Crippen molar-refractivity contribution in [2.45, 2.75) is 40.5 Å². The van der Waals surface area contributed by atoms with E-state index in [4.69, 9.17) is 38.3 Å². The van der Waals surface area contributed by atoms with E-state index in [2.05, 4.69) is 30.6 Å². The third-order valence-electron chi connectivity index (χ3n) is 10.9. The van der Waals surface area contributed by atoms with E-state index >= 15 is 0 Å². The summed E-state index contributed by atoms with van der Waals surface area (Å²) in [6.07, 6.45) is 0.229. The maximum atomic E-state index is 13.3. The highest BCUT2D eigenvalue weighted by molar-refractivity contribution is 6.10. The molecule has 0 atom stereocenters. The lowest BCUT2D eigenvalue weighted by atomic mass is 9.99. The number of imide groups is 2. The number of ether oxygens (including phenoxy) is 4. The normalized spacial score (nSPS) is 12.8. The molecule has 8 aromatic rings. The molecule has 6 heterocycles. The maximum absolute atomic E-state index is 13.3. The molecule has 2 fully saturated rings. The number of methoxy groups -OCH3 is 4. The first-order valence-corrected chi connectivity index (χ1v) is 21.1. The van der Waals surface area contributed by atoms with Crippen LogP contribution in [0.5, 0.6) is 23.0 Å². The van der Waals surface area contributed by atoms with Crippen LogP contribution >= 0.6 is 0 Å². The fourth-order valence-electron chi connectivity index (χ4n) is 7.30. The van der Waals surface area contributed by atoms with E-state index in [1.807, 2.05) is 0 Å². The van der Waals surface area contributed by atoms with Crippen molar-refractivity contribution < 1.29 is 72.1 Å². The van der Waals surface area contributed by atoms with Crippen LogP contribution < -0.4 is 18.9 Å². The van der Waals surface area contributed by atoms with Crippen LogP contribution in [0.4, 0.5) is 0 Å². The van der Waals surface area contributed by atoms with Gasteiger partial charge in [0.2, 0.25) is 0 Å². The Bertz CT molecular complexity index is 3290. The number of hydrogen-bond donors (Lipinski definition) is 2. The Balaban J connectivity index is 0.000000205. The molecule has 2 saturated heterocycles. The summed E-state index contributed by atoms with van der Waals surface area (Å²) in [4.78, 5) is 84.0. The maximum Gasteiger partial charge on any atom is 0.382 e. The molecule has 0 saturated carbocycles. The summed E-state index contributed by atoms with van der Waals surface area (Å²) in [5.41, 5.74) is 4.67. The topological polar surface area (TPSA) is 299 Å². The third-order valence-corrected chi connectivity index (χ3v) is 10.9. The lowest BCUT2D eigenvalue weighted by molar-refractivity contribution is -0.173. The number of fused-ring (bicyclic) bond motifs is 2. The van der Waals surface area contributed by atoms with Gasteiger partial charge >= 0.3 is 11.9 Å². The molecule has 73 heavy (non-hydrogen) atoms. The largest absolute Gasteiger partial charge is 0.497 e. The Labute approximate surface area is 414 Å². The Morgan fingerprint density at radius 2 is 0.795 bits per heavy atom. The highest BCUT2D eigenvalue weighted by Crippen LogP contribution is 2.38. The van der Waals surface area contributed by atoms with Gasteiger partial charge in [0, 0.05) is 47.9 Å². The predicted molar refractivity (Wildman–Crippen MR) is 257 cm³/mol. The average Bonchev–Trinajstić information content (AvgIpc) is 4.23. The van der Waals surface area contributed by atoms with Crippen molar-refractivity contribution in [1.82, 2.24) is 40.7 Å². The summed E-state index contributed by atoms with van der Waals surface area (Å²) in [5, 5.41) is 34.8. The smallest absolute Gasteiger partial charge is 0.382 e. The zero-order valence-electron chi connectivity index (χ0n) is 37.8. The molecule has 0 radical (unpaired) electrons. The van der Waals surface area contributed by atoms with Gasteiger partial charge in [-0.2, -0.15) is 5.06 Å². The van der Waals surface area contributed by atoms with Gasteiger partial charge in [-0.25, -0.2) is 28.8 Å². The molecule has 2 N–H and O–H groups in total. The van der Waals surface area contributed by atoms with E-state index < -0.39 is 35.6 Å². The lowest BCUT2D eigenvalue weighted by Gasteiger charge is -2.15. The van der Waals surface area contributed by atoms with Crippen molar-refractivity contribution in [1.29, 1.82) is 0 Å². The van der Waals surface area contributed by atoms with E-state index in [0.717, 1.165) is 0 Å². The number of aromatic nitrogens is 6. The number of hydrogen-bond acceptors (Lipinski definition) is 20. The second-order valence-corrected chi connectivity index (χ2v) is 15.1. The number of nitrogens with zero attached hydrogens (tertiary/aromatic N) is 8. The highest BCUT2D eigenvalue weighted by Gasteiger charge is 2.35. The second-order valence-electron chi connectivity index (χ2n) is 15.1. The molecule has 2 aliphatic rings. The quantitative estimate of drug-likeness (QED) is 0.0928. The van der Waals surface area contributed by atoms with Crippen LogP contribution in [-0.2, 0) is 24.0 Å². The number of carbonyl (C=O) groups is 6. The van der Waals surface area contributed by atoms with Gasteiger partial charge in [0.25, 0.3) is 23.6 Å². The number of amides is 4. The van der Waals surface area contributed by atoms with Crippen molar-refractivity contribution in [3.8, 4) is 67.8 Å². The standard InChI is InChI=1S/C24H18N4O7.C20H15N3O5.C4H5NO3.2CH4/c1-32-15-7-3-13(4-8-15)19-21-23(27-35-26-21)20(14-5-9-16(33-2)10-6-14)25-22(19)24(31)34-28-17(29)11-12-18(28)30;1-26-13-7-3-11(4-8-13)15-17-19(23-28-22-17)16(21-18(15)20(24)25)12-5-9-14(27-2)10-6-12;6-3-1-2-4(7)5(3)8;;/h3-10H,11-12H2,1-2H3;3-10H,1-2H3,(H,24,25);8H,1-2H2;2*1H4. The zero-order chi connectivity index (χ0) is 50.3. The summed E-state index contributed by atoms with van der Waals surface area (Å²) < 4.78 is 30.7. The fourth-order valence-corrected chi connectivity index (χ4v) is 7.30. The van der Waals surface area contributed by atoms with Gasteiger partial charge in [-0.1, -0.05) is 39.1 Å². The SMILES string of the molecule is C.C.COc1ccc(-c2nc(C(=O)O)c(-c3ccc(OC)cc3)c3nonc23)cc1.COc1ccc(-c2nc(C(=O)ON3C(=O)CCC3=O)c(-c3ccc(OC)cc3)c3nonc23)cc1.O=C1CCC(=O)N1O. The van der Waals surface area contributed by atoms with Crippen LogP contribution in [0.15, 0.2) is 106 Å². The van der Waals surface area contributed by atoms with Gasteiger partial charge in [-0.15, -0.1) is 5.06 Å². The number of carboxylic acid groups (broad SMARTS) is 1. The molecule has 4 aromatic heterocycles. The van der Waals surface area contributed by atoms with Crippen LogP contribution in [0.25, 0.3) is 66.8 Å². The third kappa shape index (κ3) is 10.9. The average molecular weight is 999 g/mol. The van der Waals surface area contributed by atoms with Crippen LogP contribution in [-0.4, -0.2) is 115 Å². The van der Waals surface area contributed by atoms with E-state index in [0.29, 0.717) is 83.8 Å². The Morgan fingerprint density at radius 3 is 1.12 bits per heavy atom. The summed E-state index contributed by atoms with van der Waals surface area (Å²) >= 11 is 0. The molecule has 4 aromatic carbocycles. The summed E-state index contributed by atoms with van der Waals surface area (Å²) in [7, 11) is 6.21. The van der Waals surface area contributed by atoms with Crippen LogP contribution in [0.3, 0.4) is 0 Å². The molecular formula is C50H46N8O15. The minimum Gasteiger partial charge on any atom is -0.497 e. The van der Waals surface area contributed by atoms with Crippen LogP contribution in [0.2, 0.25) is 0 Å². The number of aromatic carboxylic acids is 1. The zero-order valence-corrected chi connectivity index (χ0v) is 37.8. The van der Waals surface area contributed by atoms with E-state index in [9.17, 15) is 33.9 Å². The molecule has 23 nitrogen and oxygen atoms in total. The first-order valence-electron chi connectivity index (χ1n) is 21.1. The monoisotopic (exact) mass is 998 g/mol. The molecule has 4 amide bonds. The number of carbonyl (C=O) groups excluding carboxylic acids is 5. The molecule has 0 spiro atoms. The molecule has 2 aliphatic heterocycles. The van der Waals surface area contributed by atoms with Crippen molar-refractivity contribution >= 4 is 57.6 Å². The summed E-state index contributed by atoms with van der Waals surface area (Å²) in [6, 6.07) is 27.8. The number of carboxylic acids is 1. The van der Waals surface area contributed by atoms with E-state index in [1.165, 1.54) is 7.11 Å². The molecule has 0 aliphatic carbocycles. The van der Waals surface area contributed by atoms with Gasteiger partial charge in [-0.05, 0) is 105 Å². The van der Waals surface area contributed by atoms with Crippen LogP contribution in [0.1, 0.15) is 61.5 Å². The number of pyridine rings is 2. The van der Waals surface area contributed by atoms with Gasteiger partial charge in [0.15, 0.2) is 22.4 Å². The second kappa shape index (κ2) is 22.9. The fraction of sp³-hybridized carbons (Fsp3) is 0.200. The van der Waals surface area contributed by atoms with E-state index in [-0.39, 0.29) is 68.1 Å². The van der Waals surface area contributed by atoms with Gasteiger partial charge in [-0.3, -0.25) is 24.4 Å². The van der Waals surface area contributed by atoms with Crippen molar-refractivity contribution in [3.63, 3.8) is 0 Å². The Hall–Kier alpha value is -9.64. The van der Waals surface area contributed by atoms with Gasteiger partial charge in [0.05, 0.1) is 28.4 Å². The molecule has 376 valence electrons. The Kier molecular flexibility index (Phi) is 16.5. The molecule has 0 unspecified atom stereocenters. The summed E-state index contributed by atoms with van der Waals surface area (Å²) in [6.45, 7) is 0. The van der Waals surface area contributed by atoms with Crippen LogP contribution in [0, 0.1) is 0 Å². The first-order chi connectivity index (χ1) is 34.3. The summed E-state index contributed by atoms with van der Waals surface area (Å²) in [5.74, 6) is -1.84. The van der Waals surface area contributed by atoms with E-state index in [1.54, 1.807) is 118 Å². The van der Waals surface area contributed by atoms with Crippen molar-refractivity contribution in [2.75, 3.05) is 28.4 Å². The highest BCUT2D eigenvalue weighted by atomic mass is 16.7. The number of hydroxylamine groups is 4.